The minimum absolute atomic E-state index is 0.0838. The Morgan fingerprint density at radius 3 is 2.21 bits per heavy atom. The lowest BCUT2D eigenvalue weighted by Gasteiger charge is -2.14. The molecule has 0 unspecified atom stereocenters. The number of aromatic carboxylic acids is 1. The van der Waals surface area contributed by atoms with Crippen molar-refractivity contribution >= 4 is 33.4 Å². The number of fused-ring (bicyclic) bond motifs is 2. The fourth-order valence-corrected chi connectivity index (χ4v) is 5.33. The standard InChI is InChI=1S/C36H29NO5/c1-24(38)35-32-20-31(41-22-25-8-3-2-4-9-25)16-17-33(32)37(21-26-14-15-27-10-5-6-11-28(27)18-26)34(35)23-42-30-13-7-12-29(19-30)36(39)40/h2-20H,21-23H2,1H3,(H,39,40). The number of nitrogens with zero attached hydrogens (tertiary/aromatic N) is 1. The molecule has 0 fully saturated rings. The molecular weight excluding hydrogens is 526 g/mol. The van der Waals surface area contributed by atoms with Crippen LogP contribution in [-0.2, 0) is 19.8 Å². The number of hydrogen-bond acceptors (Lipinski definition) is 4. The summed E-state index contributed by atoms with van der Waals surface area (Å²) in [4.78, 5) is 24.7. The maximum Gasteiger partial charge on any atom is 0.335 e. The van der Waals surface area contributed by atoms with Crippen molar-refractivity contribution in [1.29, 1.82) is 0 Å². The van der Waals surface area contributed by atoms with Crippen LogP contribution in [0.25, 0.3) is 21.7 Å². The van der Waals surface area contributed by atoms with Crippen molar-refractivity contribution in [3.8, 4) is 11.5 Å². The van der Waals surface area contributed by atoms with E-state index in [1.807, 2.05) is 60.7 Å². The third-order valence-electron chi connectivity index (χ3n) is 7.35. The average molecular weight is 556 g/mol. The Balaban J connectivity index is 1.42. The molecule has 1 heterocycles. The average Bonchev–Trinajstić information content (AvgIpc) is 3.32. The Morgan fingerprint density at radius 1 is 0.690 bits per heavy atom. The molecule has 42 heavy (non-hydrogen) atoms. The first-order valence-electron chi connectivity index (χ1n) is 13.7. The maximum atomic E-state index is 13.2. The summed E-state index contributed by atoms with van der Waals surface area (Å²) in [5.74, 6) is -0.0363. The van der Waals surface area contributed by atoms with Crippen LogP contribution in [0.2, 0.25) is 0 Å². The van der Waals surface area contributed by atoms with Gasteiger partial charge in [-0.3, -0.25) is 4.79 Å². The van der Waals surface area contributed by atoms with Crippen LogP contribution >= 0.6 is 0 Å². The highest BCUT2D eigenvalue weighted by molar-refractivity contribution is 6.09. The van der Waals surface area contributed by atoms with Crippen LogP contribution in [0, 0.1) is 0 Å². The Bertz CT molecular complexity index is 1920. The summed E-state index contributed by atoms with van der Waals surface area (Å²) in [6.07, 6.45) is 0. The summed E-state index contributed by atoms with van der Waals surface area (Å²) in [5, 5.41) is 12.5. The monoisotopic (exact) mass is 555 g/mol. The number of carbonyl (C=O) groups excluding carboxylic acids is 1. The van der Waals surface area contributed by atoms with Gasteiger partial charge < -0.3 is 19.1 Å². The number of Topliss-reactive ketones (excluding diaryl/α,β-unsaturated/α-hetero) is 1. The summed E-state index contributed by atoms with van der Waals surface area (Å²) in [6.45, 7) is 2.57. The lowest BCUT2D eigenvalue weighted by atomic mass is 10.1. The highest BCUT2D eigenvalue weighted by Crippen LogP contribution is 2.33. The fraction of sp³-hybridized carbons (Fsp3) is 0.111. The summed E-state index contributed by atoms with van der Waals surface area (Å²) in [5.41, 5.74) is 4.43. The van der Waals surface area contributed by atoms with Crippen LogP contribution in [0.15, 0.2) is 115 Å². The molecule has 0 aliphatic rings. The molecule has 0 spiro atoms. The number of benzene rings is 5. The maximum absolute atomic E-state index is 13.2. The molecule has 0 amide bonds. The largest absolute Gasteiger partial charge is 0.489 e. The topological polar surface area (TPSA) is 77.8 Å². The van der Waals surface area contributed by atoms with E-state index in [2.05, 4.69) is 34.9 Å². The van der Waals surface area contributed by atoms with E-state index >= 15 is 0 Å². The summed E-state index contributed by atoms with van der Waals surface area (Å²) < 4.78 is 14.3. The van der Waals surface area contributed by atoms with E-state index in [0.717, 1.165) is 32.8 Å². The number of ketones is 1. The molecule has 0 saturated heterocycles. The first-order chi connectivity index (χ1) is 20.5. The van der Waals surface area contributed by atoms with Crippen LogP contribution in [0.5, 0.6) is 11.5 Å². The fourth-order valence-electron chi connectivity index (χ4n) is 5.33. The van der Waals surface area contributed by atoms with Crippen LogP contribution in [-0.4, -0.2) is 21.4 Å². The van der Waals surface area contributed by atoms with Gasteiger partial charge in [-0.05, 0) is 71.3 Å². The Morgan fingerprint density at radius 2 is 1.43 bits per heavy atom. The SMILES string of the molecule is CC(=O)c1c(COc2cccc(C(=O)O)c2)n(Cc2ccc3ccccc3c2)c2ccc(OCc3ccccc3)cc12. The number of aromatic nitrogens is 1. The minimum Gasteiger partial charge on any atom is -0.489 e. The van der Waals surface area contributed by atoms with Crippen molar-refractivity contribution in [1.82, 2.24) is 4.57 Å². The van der Waals surface area contributed by atoms with Gasteiger partial charge in [-0.1, -0.05) is 72.8 Å². The molecule has 0 aliphatic carbocycles. The van der Waals surface area contributed by atoms with Crippen molar-refractivity contribution in [3.63, 3.8) is 0 Å². The van der Waals surface area contributed by atoms with Crippen LogP contribution in [0.4, 0.5) is 0 Å². The van der Waals surface area contributed by atoms with Gasteiger partial charge in [0.2, 0.25) is 0 Å². The zero-order chi connectivity index (χ0) is 29.1. The predicted molar refractivity (Wildman–Crippen MR) is 163 cm³/mol. The molecule has 6 aromatic rings. The van der Waals surface area contributed by atoms with Gasteiger partial charge in [-0.15, -0.1) is 0 Å². The quantitative estimate of drug-likeness (QED) is 0.174. The normalized spacial score (nSPS) is 11.1. The van der Waals surface area contributed by atoms with E-state index in [9.17, 15) is 14.7 Å². The Hall–Kier alpha value is -5.36. The molecule has 0 radical (unpaired) electrons. The van der Waals surface area contributed by atoms with Crippen molar-refractivity contribution in [2.45, 2.75) is 26.7 Å². The molecule has 6 rings (SSSR count). The number of carboxylic acid groups (broad SMARTS) is 1. The number of rotatable bonds is 10. The molecule has 0 saturated carbocycles. The third-order valence-corrected chi connectivity index (χ3v) is 7.35. The number of carboxylic acids is 1. The Kier molecular flexibility index (Phi) is 7.43. The summed E-state index contributed by atoms with van der Waals surface area (Å²) in [7, 11) is 0. The summed E-state index contributed by atoms with van der Waals surface area (Å²) in [6, 6.07) is 36.7. The minimum atomic E-state index is -1.03. The lowest BCUT2D eigenvalue weighted by molar-refractivity contribution is 0.0696. The smallest absolute Gasteiger partial charge is 0.335 e. The molecule has 1 aromatic heterocycles. The van der Waals surface area contributed by atoms with E-state index in [1.54, 1.807) is 19.1 Å². The van der Waals surface area contributed by atoms with Crippen LogP contribution < -0.4 is 9.47 Å². The van der Waals surface area contributed by atoms with Gasteiger partial charge in [0.15, 0.2) is 5.78 Å². The van der Waals surface area contributed by atoms with Gasteiger partial charge in [0, 0.05) is 23.0 Å². The van der Waals surface area contributed by atoms with E-state index in [-0.39, 0.29) is 18.0 Å². The highest BCUT2D eigenvalue weighted by atomic mass is 16.5. The molecular formula is C36H29NO5. The van der Waals surface area contributed by atoms with Gasteiger partial charge in [-0.2, -0.15) is 0 Å². The van der Waals surface area contributed by atoms with Crippen molar-refractivity contribution < 1.29 is 24.2 Å². The zero-order valence-corrected chi connectivity index (χ0v) is 23.1. The van der Waals surface area contributed by atoms with Crippen molar-refractivity contribution in [3.05, 3.63) is 143 Å². The predicted octanol–water partition coefficient (Wildman–Crippen LogP) is 7.90. The van der Waals surface area contributed by atoms with Crippen molar-refractivity contribution in [2.75, 3.05) is 0 Å². The summed E-state index contributed by atoms with van der Waals surface area (Å²) >= 11 is 0. The lowest BCUT2D eigenvalue weighted by Crippen LogP contribution is -2.11. The molecule has 0 atom stereocenters. The van der Waals surface area contributed by atoms with Gasteiger partial charge in [-0.25, -0.2) is 4.79 Å². The third kappa shape index (κ3) is 5.60. The molecule has 208 valence electrons. The second kappa shape index (κ2) is 11.6. The molecule has 0 aliphatic heterocycles. The van der Waals surface area contributed by atoms with Crippen LogP contribution in [0.3, 0.4) is 0 Å². The van der Waals surface area contributed by atoms with Gasteiger partial charge >= 0.3 is 5.97 Å². The number of carbonyl (C=O) groups is 2. The van der Waals surface area contributed by atoms with Gasteiger partial charge in [0.1, 0.15) is 24.7 Å². The molecule has 1 N–H and O–H groups in total. The van der Waals surface area contributed by atoms with E-state index in [4.69, 9.17) is 9.47 Å². The van der Waals surface area contributed by atoms with E-state index in [0.29, 0.717) is 35.9 Å². The first kappa shape index (κ1) is 26.8. The second-order valence-corrected chi connectivity index (χ2v) is 10.2. The molecule has 5 aromatic carbocycles. The second-order valence-electron chi connectivity index (χ2n) is 10.2. The van der Waals surface area contributed by atoms with Crippen LogP contribution in [0.1, 0.15) is 44.5 Å². The first-order valence-corrected chi connectivity index (χ1v) is 13.7. The molecule has 6 heteroatoms. The van der Waals surface area contributed by atoms with E-state index in [1.165, 1.54) is 12.1 Å². The van der Waals surface area contributed by atoms with Crippen molar-refractivity contribution in [2.24, 2.45) is 0 Å². The molecule has 6 nitrogen and oxygen atoms in total. The number of ether oxygens (including phenoxy) is 2. The van der Waals surface area contributed by atoms with Gasteiger partial charge in [0.25, 0.3) is 0 Å². The zero-order valence-electron chi connectivity index (χ0n) is 23.1. The molecule has 0 bridgehead atoms. The van der Waals surface area contributed by atoms with E-state index < -0.39 is 5.97 Å². The number of hydrogen-bond donors (Lipinski definition) is 1. The Labute approximate surface area is 243 Å². The highest BCUT2D eigenvalue weighted by Gasteiger charge is 2.22. The van der Waals surface area contributed by atoms with Gasteiger partial charge in [0.05, 0.1) is 11.3 Å².